The maximum atomic E-state index is 6.09. The highest BCUT2D eigenvalue weighted by Crippen LogP contribution is 2.38. The molecule has 1 aliphatic heterocycles. The summed E-state index contributed by atoms with van der Waals surface area (Å²) in [6, 6.07) is 0. The molecule has 0 amide bonds. The normalized spacial score (nSPS) is 38.8. The molecule has 1 aliphatic carbocycles. The summed E-state index contributed by atoms with van der Waals surface area (Å²) in [4.78, 5) is 5.14. The fourth-order valence-corrected chi connectivity index (χ4v) is 3.49. The Bertz CT molecular complexity index is 231. The Balaban J connectivity index is 2.03. The predicted molar refractivity (Wildman–Crippen MR) is 68.5 cm³/mol. The van der Waals surface area contributed by atoms with Crippen molar-refractivity contribution >= 4 is 0 Å². The van der Waals surface area contributed by atoms with Crippen LogP contribution in [0.4, 0.5) is 0 Å². The number of likely N-dealkylation sites (N-methyl/N-ethyl adjacent to an activating group) is 1. The summed E-state index contributed by atoms with van der Waals surface area (Å²) in [6.45, 7) is 8.12. The molecule has 16 heavy (non-hydrogen) atoms. The van der Waals surface area contributed by atoms with Crippen molar-refractivity contribution in [3.05, 3.63) is 0 Å². The summed E-state index contributed by atoms with van der Waals surface area (Å²) < 4.78 is 0. The van der Waals surface area contributed by atoms with Crippen molar-refractivity contribution in [1.29, 1.82) is 0 Å². The van der Waals surface area contributed by atoms with E-state index in [9.17, 15) is 0 Å². The molecule has 1 heterocycles. The predicted octanol–water partition coefficient (Wildman–Crippen LogP) is 1.14. The van der Waals surface area contributed by atoms with Crippen LogP contribution in [0.15, 0.2) is 0 Å². The minimum atomic E-state index is 0.338. The molecule has 2 atom stereocenters. The molecule has 0 aromatic heterocycles. The Morgan fingerprint density at radius 1 is 1.25 bits per heavy atom. The van der Waals surface area contributed by atoms with Gasteiger partial charge in [0.25, 0.3) is 0 Å². The van der Waals surface area contributed by atoms with Gasteiger partial charge in [0.1, 0.15) is 0 Å². The van der Waals surface area contributed by atoms with E-state index < -0.39 is 0 Å². The molecular weight excluding hydrogens is 198 g/mol. The van der Waals surface area contributed by atoms with Crippen molar-refractivity contribution < 1.29 is 0 Å². The van der Waals surface area contributed by atoms with Gasteiger partial charge >= 0.3 is 0 Å². The van der Waals surface area contributed by atoms with E-state index in [4.69, 9.17) is 5.73 Å². The van der Waals surface area contributed by atoms with Crippen molar-refractivity contribution in [3.63, 3.8) is 0 Å². The SMILES string of the molecule is CC1CCC(CN)(N2CCCN(C)CC2)C1. The van der Waals surface area contributed by atoms with E-state index in [0.717, 1.165) is 12.5 Å². The molecule has 1 saturated heterocycles. The molecule has 0 spiro atoms. The van der Waals surface area contributed by atoms with Gasteiger partial charge in [-0.3, -0.25) is 4.90 Å². The molecule has 1 saturated carbocycles. The van der Waals surface area contributed by atoms with Gasteiger partial charge in [-0.25, -0.2) is 0 Å². The topological polar surface area (TPSA) is 32.5 Å². The maximum Gasteiger partial charge on any atom is 0.0334 e. The largest absolute Gasteiger partial charge is 0.329 e. The number of hydrogen-bond donors (Lipinski definition) is 1. The standard InChI is InChI=1S/C13H27N3/c1-12-4-5-13(10-12,11-14)16-7-3-6-15(2)8-9-16/h12H,3-11,14H2,1-2H3. The maximum absolute atomic E-state index is 6.09. The van der Waals surface area contributed by atoms with Crippen molar-refractivity contribution in [1.82, 2.24) is 9.80 Å². The third-order valence-corrected chi connectivity index (χ3v) is 4.60. The first-order valence-corrected chi connectivity index (χ1v) is 6.80. The van der Waals surface area contributed by atoms with E-state index in [2.05, 4.69) is 23.8 Å². The third kappa shape index (κ3) is 2.41. The summed E-state index contributed by atoms with van der Waals surface area (Å²) in [5, 5.41) is 0. The molecule has 0 radical (unpaired) electrons. The van der Waals surface area contributed by atoms with Gasteiger partial charge in [0, 0.05) is 31.7 Å². The molecule has 94 valence electrons. The molecule has 0 aromatic carbocycles. The van der Waals surface area contributed by atoms with E-state index in [0.29, 0.717) is 5.54 Å². The van der Waals surface area contributed by atoms with E-state index in [-0.39, 0.29) is 0 Å². The minimum absolute atomic E-state index is 0.338. The monoisotopic (exact) mass is 225 g/mol. The Labute approximate surface area is 100.0 Å². The first-order chi connectivity index (χ1) is 7.66. The van der Waals surface area contributed by atoms with Crippen molar-refractivity contribution in [2.45, 2.75) is 38.1 Å². The lowest BCUT2D eigenvalue weighted by Crippen LogP contribution is -2.53. The zero-order valence-electron chi connectivity index (χ0n) is 10.9. The van der Waals surface area contributed by atoms with E-state index in [1.165, 1.54) is 51.9 Å². The number of hydrogen-bond acceptors (Lipinski definition) is 3. The van der Waals surface area contributed by atoms with Crippen LogP contribution < -0.4 is 5.73 Å². The summed E-state index contributed by atoms with van der Waals surface area (Å²) in [5.41, 5.74) is 6.43. The smallest absolute Gasteiger partial charge is 0.0334 e. The highest BCUT2D eigenvalue weighted by molar-refractivity contribution is 4.98. The summed E-state index contributed by atoms with van der Waals surface area (Å²) >= 11 is 0. The van der Waals surface area contributed by atoms with Crippen LogP contribution >= 0.6 is 0 Å². The van der Waals surface area contributed by atoms with Crippen LogP contribution in [-0.4, -0.2) is 55.1 Å². The quantitative estimate of drug-likeness (QED) is 0.765. The Morgan fingerprint density at radius 3 is 2.69 bits per heavy atom. The summed E-state index contributed by atoms with van der Waals surface area (Å²) in [6.07, 6.45) is 5.29. The van der Waals surface area contributed by atoms with Gasteiger partial charge in [0.2, 0.25) is 0 Å². The second-order valence-corrected chi connectivity index (χ2v) is 5.92. The van der Waals surface area contributed by atoms with Crippen LogP contribution in [0.2, 0.25) is 0 Å². The summed E-state index contributed by atoms with van der Waals surface area (Å²) in [5.74, 6) is 0.865. The minimum Gasteiger partial charge on any atom is -0.329 e. The van der Waals surface area contributed by atoms with Crippen molar-refractivity contribution in [2.24, 2.45) is 11.7 Å². The van der Waals surface area contributed by atoms with Crippen LogP contribution in [0.1, 0.15) is 32.6 Å². The van der Waals surface area contributed by atoms with Crippen LogP contribution in [0.3, 0.4) is 0 Å². The first-order valence-electron chi connectivity index (χ1n) is 6.80. The molecule has 2 rings (SSSR count). The molecule has 2 fully saturated rings. The van der Waals surface area contributed by atoms with E-state index >= 15 is 0 Å². The van der Waals surface area contributed by atoms with Crippen LogP contribution in [0, 0.1) is 5.92 Å². The van der Waals surface area contributed by atoms with Crippen LogP contribution in [0.25, 0.3) is 0 Å². The number of rotatable bonds is 2. The van der Waals surface area contributed by atoms with Gasteiger partial charge in [0.15, 0.2) is 0 Å². The number of nitrogens with zero attached hydrogens (tertiary/aromatic N) is 2. The van der Waals surface area contributed by atoms with Crippen LogP contribution in [-0.2, 0) is 0 Å². The molecule has 3 nitrogen and oxygen atoms in total. The van der Waals surface area contributed by atoms with Gasteiger partial charge in [-0.2, -0.15) is 0 Å². The fraction of sp³-hybridized carbons (Fsp3) is 1.00. The molecule has 0 aromatic rings. The molecular formula is C13H27N3. The second-order valence-electron chi connectivity index (χ2n) is 5.92. The van der Waals surface area contributed by atoms with E-state index in [1.807, 2.05) is 0 Å². The van der Waals surface area contributed by atoms with Gasteiger partial charge in [0.05, 0.1) is 0 Å². The van der Waals surface area contributed by atoms with E-state index in [1.54, 1.807) is 0 Å². The zero-order chi connectivity index (χ0) is 11.6. The highest BCUT2D eigenvalue weighted by Gasteiger charge is 2.41. The van der Waals surface area contributed by atoms with Crippen LogP contribution in [0.5, 0.6) is 0 Å². The lowest BCUT2D eigenvalue weighted by Gasteiger charge is -2.40. The summed E-state index contributed by atoms with van der Waals surface area (Å²) in [7, 11) is 2.23. The Kier molecular flexibility index (Phi) is 3.88. The van der Waals surface area contributed by atoms with Gasteiger partial charge in [-0.1, -0.05) is 6.92 Å². The average Bonchev–Trinajstić information content (AvgIpc) is 2.52. The zero-order valence-corrected chi connectivity index (χ0v) is 10.9. The highest BCUT2D eigenvalue weighted by atomic mass is 15.3. The van der Waals surface area contributed by atoms with Crippen molar-refractivity contribution in [3.8, 4) is 0 Å². The van der Waals surface area contributed by atoms with Gasteiger partial charge in [-0.15, -0.1) is 0 Å². The molecule has 2 unspecified atom stereocenters. The molecule has 2 aliphatic rings. The Hall–Kier alpha value is -0.120. The number of nitrogens with two attached hydrogens (primary N) is 1. The first kappa shape index (κ1) is 12.3. The Morgan fingerprint density at radius 2 is 2.06 bits per heavy atom. The lowest BCUT2D eigenvalue weighted by molar-refractivity contribution is 0.101. The fourth-order valence-electron chi connectivity index (χ4n) is 3.49. The molecule has 2 N–H and O–H groups in total. The molecule has 3 heteroatoms. The van der Waals surface area contributed by atoms with Gasteiger partial charge < -0.3 is 10.6 Å². The average molecular weight is 225 g/mol. The lowest BCUT2D eigenvalue weighted by atomic mass is 9.93. The second kappa shape index (κ2) is 5.03. The molecule has 0 bridgehead atoms. The van der Waals surface area contributed by atoms with Crippen molar-refractivity contribution in [2.75, 3.05) is 39.8 Å². The third-order valence-electron chi connectivity index (χ3n) is 4.60. The van der Waals surface area contributed by atoms with Gasteiger partial charge in [-0.05, 0) is 45.2 Å².